The van der Waals surface area contributed by atoms with E-state index in [0.717, 1.165) is 38.5 Å². The molecule has 0 N–H and O–H groups in total. The average molecular weight is 864 g/mol. The maximum Gasteiger partial charge on any atom is 2.00 e. The monoisotopic (exact) mass is 865 g/mol. The Labute approximate surface area is 349 Å². The van der Waals surface area contributed by atoms with E-state index < -0.39 is 0 Å². The zero-order valence-electron chi connectivity index (χ0n) is 34.8. The second-order valence-electron chi connectivity index (χ2n) is 13.5. The molecule has 0 aliphatic carbocycles. The van der Waals surface area contributed by atoms with Crippen molar-refractivity contribution in [1.82, 2.24) is 0 Å². The summed E-state index contributed by atoms with van der Waals surface area (Å²) in [6.45, 7) is 17.3. The Kier molecular flexibility index (Phi) is 74.3. The summed E-state index contributed by atoms with van der Waals surface area (Å²) in [7, 11) is 0. The Bertz CT molecular complexity index is 533. The standard InChI is InChI=1S/2C14H28O2S.2C8H17.Sn/c2*1-2-3-4-5-6-7-8-9-10-11-14(15)16-12-13-17;2*1-3-5-7-8-6-4-2;/h2*17H,2-13H2,1H3;2*1,3-8H2,2H3;/q;;;;+2/p-2. The number of rotatable bonds is 34. The van der Waals surface area contributed by atoms with Crippen molar-refractivity contribution in [3.05, 3.63) is 13.8 Å². The Morgan fingerprint density at radius 2 is 0.608 bits per heavy atom. The van der Waals surface area contributed by atoms with Crippen molar-refractivity contribution < 1.29 is 19.1 Å². The van der Waals surface area contributed by atoms with Gasteiger partial charge in [0, 0.05) is 12.8 Å². The third kappa shape index (κ3) is 72.4. The Hall–Kier alpha value is 0.439. The van der Waals surface area contributed by atoms with Crippen molar-refractivity contribution in [2.45, 2.75) is 233 Å². The third-order valence-electron chi connectivity index (χ3n) is 8.37. The molecule has 0 aliphatic heterocycles. The van der Waals surface area contributed by atoms with Gasteiger partial charge in [-0.2, -0.15) is 0 Å². The molecule has 0 aromatic heterocycles. The molecule has 0 atom stereocenters. The molecular formula is C44H88O4S2Sn. The van der Waals surface area contributed by atoms with Crippen LogP contribution in [-0.2, 0) is 44.3 Å². The first-order valence-electron chi connectivity index (χ1n) is 21.5. The Morgan fingerprint density at radius 3 is 0.824 bits per heavy atom. The number of ether oxygens (including phenoxy) is 2. The average Bonchev–Trinajstić information content (AvgIpc) is 3.13. The van der Waals surface area contributed by atoms with E-state index >= 15 is 0 Å². The molecule has 4 radical (unpaired) electrons. The maximum absolute atomic E-state index is 11.1. The van der Waals surface area contributed by atoms with Gasteiger partial charge in [-0.3, -0.25) is 9.59 Å². The van der Waals surface area contributed by atoms with Gasteiger partial charge < -0.3 is 34.7 Å². The van der Waals surface area contributed by atoms with Crippen molar-refractivity contribution in [1.29, 1.82) is 0 Å². The molecule has 0 amide bonds. The van der Waals surface area contributed by atoms with Gasteiger partial charge in [0.15, 0.2) is 0 Å². The SMILES string of the molecule is CCCCCCCCCCCC(=O)OCC[S-].CCCCCCCCCCCC(=O)OCC[S-].[CH2]CCCCCCC.[CH2]CCCCCCC.[Sn+2]. The van der Waals surface area contributed by atoms with Crippen LogP contribution in [0.3, 0.4) is 0 Å². The second-order valence-corrected chi connectivity index (χ2v) is 14.4. The van der Waals surface area contributed by atoms with E-state index in [-0.39, 0.29) is 35.8 Å². The largest absolute Gasteiger partial charge is 2.00 e. The molecule has 0 aliphatic rings. The van der Waals surface area contributed by atoms with Crippen LogP contribution in [0.4, 0.5) is 0 Å². The summed E-state index contributed by atoms with van der Waals surface area (Å²) < 4.78 is 9.84. The molecular weight excluding hydrogens is 775 g/mol. The van der Waals surface area contributed by atoms with E-state index in [2.05, 4.69) is 41.5 Å². The van der Waals surface area contributed by atoms with Gasteiger partial charge in [0.25, 0.3) is 0 Å². The number of carbonyl (C=O) groups is 2. The smallest absolute Gasteiger partial charge is 0.789 e. The molecule has 4 nitrogen and oxygen atoms in total. The van der Waals surface area contributed by atoms with Crippen molar-refractivity contribution in [2.75, 3.05) is 24.7 Å². The summed E-state index contributed by atoms with van der Waals surface area (Å²) in [6, 6.07) is 0. The topological polar surface area (TPSA) is 52.6 Å². The molecule has 0 saturated heterocycles. The van der Waals surface area contributed by atoms with E-state index in [1.807, 2.05) is 0 Å². The molecule has 7 heteroatoms. The van der Waals surface area contributed by atoms with Crippen LogP contribution in [0.1, 0.15) is 233 Å². The molecule has 0 bridgehead atoms. The molecule has 0 heterocycles. The molecule has 0 spiro atoms. The minimum Gasteiger partial charge on any atom is -0.789 e. The van der Waals surface area contributed by atoms with Crippen LogP contribution in [0.15, 0.2) is 0 Å². The fraction of sp³-hybridized carbons (Fsp3) is 0.909. The summed E-state index contributed by atoms with van der Waals surface area (Å²) in [5.74, 6) is 0.836. The van der Waals surface area contributed by atoms with Crippen molar-refractivity contribution in [3.63, 3.8) is 0 Å². The van der Waals surface area contributed by atoms with E-state index in [1.165, 1.54) is 154 Å². The van der Waals surface area contributed by atoms with Crippen LogP contribution in [0.5, 0.6) is 0 Å². The minimum atomic E-state index is -0.0854. The molecule has 0 fully saturated rings. The van der Waals surface area contributed by atoms with Crippen LogP contribution in [0.25, 0.3) is 0 Å². The van der Waals surface area contributed by atoms with E-state index in [0.29, 0.717) is 37.6 Å². The number of esters is 2. The predicted octanol–water partition coefficient (Wildman–Crippen LogP) is 14.0. The predicted molar refractivity (Wildman–Crippen MR) is 233 cm³/mol. The maximum atomic E-state index is 11.1. The fourth-order valence-electron chi connectivity index (χ4n) is 5.18. The Balaban J connectivity index is -0.000000194. The molecule has 0 aromatic rings. The fourth-order valence-corrected chi connectivity index (χ4v) is 5.34. The van der Waals surface area contributed by atoms with Gasteiger partial charge in [0.2, 0.25) is 0 Å². The van der Waals surface area contributed by atoms with E-state index in [9.17, 15) is 9.59 Å². The number of hydrogen-bond donors (Lipinski definition) is 0. The molecule has 0 aromatic carbocycles. The van der Waals surface area contributed by atoms with E-state index in [1.54, 1.807) is 0 Å². The van der Waals surface area contributed by atoms with Crippen LogP contribution in [-0.4, -0.2) is 60.6 Å². The van der Waals surface area contributed by atoms with Gasteiger partial charge in [0.05, 0.1) is 13.2 Å². The van der Waals surface area contributed by atoms with Crippen molar-refractivity contribution >= 4 is 61.1 Å². The van der Waals surface area contributed by atoms with Crippen molar-refractivity contribution in [2.24, 2.45) is 0 Å². The number of carbonyl (C=O) groups excluding carboxylic acids is 2. The van der Waals surface area contributed by atoms with Crippen LogP contribution >= 0.6 is 0 Å². The zero-order valence-corrected chi connectivity index (χ0v) is 39.3. The van der Waals surface area contributed by atoms with Crippen LogP contribution in [0, 0.1) is 13.8 Å². The molecule has 304 valence electrons. The van der Waals surface area contributed by atoms with Gasteiger partial charge in [-0.15, -0.1) is 11.5 Å². The molecule has 0 unspecified atom stereocenters. The second kappa shape index (κ2) is 62.4. The van der Waals surface area contributed by atoms with Gasteiger partial charge in [-0.25, -0.2) is 0 Å². The minimum absolute atomic E-state index is 0. The summed E-state index contributed by atoms with van der Waals surface area (Å²) in [6.07, 6.45) is 40.0. The third-order valence-corrected chi connectivity index (χ3v) is 8.70. The first kappa shape index (κ1) is 60.7. The quantitative estimate of drug-likeness (QED) is 0.0278. The normalized spacial score (nSPS) is 10.0. The molecule has 0 saturated carbocycles. The zero-order chi connectivity index (χ0) is 38.0. The van der Waals surface area contributed by atoms with Gasteiger partial charge in [0.1, 0.15) is 0 Å². The summed E-state index contributed by atoms with van der Waals surface area (Å²) in [5.41, 5.74) is 0. The van der Waals surface area contributed by atoms with Gasteiger partial charge in [-0.1, -0.05) is 221 Å². The summed E-state index contributed by atoms with van der Waals surface area (Å²) in [5, 5.41) is 0. The van der Waals surface area contributed by atoms with Crippen LogP contribution < -0.4 is 0 Å². The summed E-state index contributed by atoms with van der Waals surface area (Å²) in [4.78, 5) is 22.3. The van der Waals surface area contributed by atoms with Gasteiger partial charge >= 0.3 is 35.8 Å². The number of hydrogen-bond acceptors (Lipinski definition) is 6. The van der Waals surface area contributed by atoms with Crippen molar-refractivity contribution in [3.8, 4) is 0 Å². The molecule has 51 heavy (non-hydrogen) atoms. The first-order valence-corrected chi connectivity index (χ1v) is 22.7. The van der Waals surface area contributed by atoms with Crippen LogP contribution in [0.2, 0.25) is 0 Å². The van der Waals surface area contributed by atoms with E-state index in [4.69, 9.17) is 34.7 Å². The molecule has 0 rings (SSSR count). The van der Waals surface area contributed by atoms with Gasteiger partial charge in [-0.05, 0) is 12.8 Å². The summed E-state index contributed by atoms with van der Waals surface area (Å²) >= 11 is 9.41. The first-order chi connectivity index (χ1) is 24.4. The Morgan fingerprint density at radius 1 is 0.392 bits per heavy atom. The number of unbranched alkanes of at least 4 members (excludes halogenated alkanes) is 26.